The van der Waals surface area contributed by atoms with Gasteiger partial charge in [-0.15, -0.1) is 10.2 Å². The lowest BCUT2D eigenvalue weighted by atomic mass is 10.2. The van der Waals surface area contributed by atoms with E-state index in [1.165, 1.54) is 12.1 Å². The van der Waals surface area contributed by atoms with Gasteiger partial charge in [0.15, 0.2) is 0 Å². The Labute approximate surface area is 108 Å². The van der Waals surface area contributed by atoms with Crippen LogP contribution in [0.3, 0.4) is 0 Å². The van der Waals surface area contributed by atoms with Crippen LogP contribution in [0.5, 0.6) is 0 Å². The molecular weight excluding hydrogens is 253 g/mol. The van der Waals surface area contributed by atoms with Crippen molar-refractivity contribution in [2.75, 3.05) is 6.61 Å². The summed E-state index contributed by atoms with van der Waals surface area (Å²) in [5.74, 6) is -0.207. The predicted octanol–water partition coefficient (Wildman–Crippen LogP) is 2.12. The Bertz CT molecular complexity index is 571. The number of alkyl carbamates (subject to hydrolysis) is 1. The van der Waals surface area contributed by atoms with Gasteiger partial charge in [-0.05, 0) is 19.1 Å². The zero-order chi connectivity index (χ0) is 13.7. The van der Waals surface area contributed by atoms with Crippen LogP contribution in [0.4, 0.5) is 9.18 Å². The summed E-state index contributed by atoms with van der Waals surface area (Å²) in [6.45, 7) is 2.00. The largest absolute Gasteiger partial charge is 0.450 e. The number of hydrogen-bond acceptors (Lipinski definition) is 5. The van der Waals surface area contributed by atoms with Crippen LogP contribution in [0, 0.1) is 5.82 Å². The van der Waals surface area contributed by atoms with Crippen LogP contribution in [-0.4, -0.2) is 22.9 Å². The van der Waals surface area contributed by atoms with Gasteiger partial charge in [-0.2, -0.15) is 0 Å². The zero-order valence-corrected chi connectivity index (χ0v) is 10.2. The molecule has 0 aliphatic carbocycles. The van der Waals surface area contributed by atoms with Crippen LogP contribution in [0.1, 0.15) is 12.8 Å². The molecule has 1 heterocycles. The SMILES string of the molecule is CCOC(=O)NCc1nnc(-c2ccccc2F)o1. The quantitative estimate of drug-likeness (QED) is 0.916. The van der Waals surface area contributed by atoms with Crippen molar-refractivity contribution in [1.29, 1.82) is 0 Å². The molecule has 0 saturated carbocycles. The second-order valence-corrected chi connectivity index (χ2v) is 3.55. The first-order valence-electron chi connectivity index (χ1n) is 5.68. The van der Waals surface area contributed by atoms with E-state index < -0.39 is 11.9 Å². The Balaban J connectivity index is 2.04. The minimum atomic E-state index is -0.576. The summed E-state index contributed by atoms with van der Waals surface area (Å²) < 4.78 is 23.4. The number of halogens is 1. The first-order chi connectivity index (χ1) is 9.20. The van der Waals surface area contributed by atoms with Crippen molar-refractivity contribution in [3.05, 3.63) is 36.0 Å². The molecule has 0 aliphatic heterocycles. The van der Waals surface area contributed by atoms with E-state index in [2.05, 4.69) is 20.3 Å². The summed E-state index contributed by atoms with van der Waals surface area (Å²) in [5, 5.41) is 9.86. The second-order valence-electron chi connectivity index (χ2n) is 3.55. The van der Waals surface area contributed by atoms with Gasteiger partial charge >= 0.3 is 6.09 Å². The fourth-order valence-electron chi connectivity index (χ4n) is 1.40. The Morgan fingerprint density at radius 1 is 1.42 bits per heavy atom. The molecule has 0 bridgehead atoms. The van der Waals surface area contributed by atoms with Crippen molar-refractivity contribution in [1.82, 2.24) is 15.5 Å². The number of carbonyl (C=O) groups excluding carboxylic acids is 1. The molecule has 1 N–H and O–H groups in total. The Kier molecular flexibility index (Phi) is 4.07. The van der Waals surface area contributed by atoms with Gasteiger partial charge in [0.2, 0.25) is 5.89 Å². The third-order valence-electron chi connectivity index (χ3n) is 2.23. The lowest BCUT2D eigenvalue weighted by Gasteiger charge is -2.01. The van der Waals surface area contributed by atoms with Crippen LogP contribution in [0.15, 0.2) is 28.7 Å². The third-order valence-corrected chi connectivity index (χ3v) is 2.23. The van der Waals surface area contributed by atoms with E-state index in [1.54, 1.807) is 19.1 Å². The molecule has 1 aromatic heterocycles. The molecule has 0 fully saturated rings. The summed E-state index contributed by atoms with van der Waals surface area (Å²) in [5.41, 5.74) is 0.220. The van der Waals surface area contributed by atoms with Crippen LogP contribution >= 0.6 is 0 Å². The van der Waals surface area contributed by atoms with E-state index in [4.69, 9.17) is 4.42 Å². The van der Waals surface area contributed by atoms with E-state index in [0.717, 1.165) is 0 Å². The predicted molar refractivity (Wildman–Crippen MR) is 63.6 cm³/mol. The lowest BCUT2D eigenvalue weighted by Crippen LogP contribution is -2.23. The summed E-state index contributed by atoms with van der Waals surface area (Å²) in [4.78, 5) is 11.1. The minimum absolute atomic E-state index is 0.0281. The van der Waals surface area contributed by atoms with Gasteiger partial charge in [-0.25, -0.2) is 9.18 Å². The fraction of sp³-hybridized carbons (Fsp3) is 0.250. The summed E-state index contributed by atoms with van der Waals surface area (Å²) in [6, 6.07) is 6.07. The molecule has 19 heavy (non-hydrogen) atoms. The van der Waals surface area contributed by atoms with E-state index in [-0.39, 0.29) is 30.5 Å². The van der Waals surface area contributed by atoms with Crippen molar-refractivity contribution >= 4 is 6.09 Å². The average molecular weight is 265 g/mol. The lowest BCUT2D eigenvalue weighted by molar-refractivity contribution is 0.150. The highest BCUT2D eigenvalue weighted by molar-refractivity contribution is 5.66. The molecule has 0 radical (unpaired) electrons. The smallest absolute Gasteiger partial charge is 0.407 e. The van der Waals surface area contributed by atoms with Crippen molar-refractivity contribution < 1.29 is 18.3 Å². The maximum Gasteiger partial charge on any atom is 0.407 e. The highest BCUT2D eigenvalue weighted by atomic mass is 19.1. The van der Waals surface area contributed by atoms with E-state index in [0.29, 0.717) is 0 Å². The summed E-state index contributed by atoms with van der Waals surface area (Å²) in [6.07, 6.45) is -0.576. The number of nitrogens with one attached hydrogen (secondary N) is 1. The molecule has 6 nitrogen and oxygen atoms in total. The molecule has 100 valence electrons. The van der Waals surface area contributed by atoms with Gasteiger partial charge in [-0.1, -0.05) is 12.1 Å². The number of carbonyl (C=O) groups is 1. The van der Waals surface area contributed by atoms with Crippen LogP contribution in [0.25, 0.3) is 11.5 Å². The molecule has 0 unspecified atom stereocenters. The molecule has 0 atom stereocenters. The first kappa shape index (κ1) is 13.0. The third kappa shape index (κ3) is 3.27. The number of rotatable bonds is 4. The van der Waals surface area contributed by atoms with Gasteiger partial charge in [-0.3, -0.25) is 0 Å². The molecular formula is C12H12FN3O3. The average Bonchev–Trinajstić information content (AvgIpc) is 2.86. The Hall–Kier alpha value is -2.44. The van der Waals surface area contributed by atoms with Crippen molar-refractivity contribution in [3.63, 3.8) is 0 Å². The van der Waals surface area contributed by atoms with Crippen molar-refractivity contribution in [2.45, 2.75) is 13.5 Å². The van der Waals surface area contributed by atoms with E-state index in [1.807, 2.05) is 0 Å². The molecule has 2 aromatic rings. The highest BCUT2D eigenvalue weighted by Gasteiger charge is 2.12. The van der Waals surface area contributed by atoms with Gasteiger partial charge < -0.3 is 14.5 Å². The van der Waals surface area contributed by atoms with Crippen molar-refractivity contribution in [3.8, 4) is 11.5 Å². The number of hydrogen-bond donors (Lipinski definition) is 1. The summed E-state index contributed by atoms with van der Waals surface area (Å²) >= 11 is 0. The van der Waals surface area contributed by atoms with Crippen LogP contribution in [-0.2, 0) is 11.3 Å². The summed E-state index contributed by atoms with van der Waals surface area (Å²) in [7, 11) is 0. The number of nitrogens with zero attached hydrogens (tertiary/aromatic N) is 2. The van der Waals surface area contributed by atoms with Crippen LogP contribution < -0.4 is 5.32 Å². The highest BCUT2D eigenvalue weighted by Crippen LogP contribution is 2.20. The zero-order valence-electron chi connectivity index (χ0n) is 10.2. The van der Waals surface area contributed by atoms with Gasteiger partial charge in [0.1, 0.15) is 5.82 Å². The van der Waals surface area contributed by atoms with Crippen molar-refractivity contribution in [2.24, 2.45) is 0 Å². The maximum absolute atomic E-state index is 13.5. The van der Waals surface area contributed by atoms with Crippen LogP contribution in [0.2, 0.25) is 0 Å². The number of amides is 1. The maximum atomic E-state index is 13.5. The molecule has 0 spiro atoms. The van der Waals surface area contributed by atoms with Gasteiger partial charge in [0.25, 0.3) is 5.89 Å². The monoisotopic (exact) mass is 265 g/mol. The van der Waals surface area contributed by atoms with E-state index in [9.17, 15) is 9.18 Å². The molecule has 1 aromatic carbocycles. The molecule has 1 amide bonds. The minimum Gasteiger partial charge on any atom is -0.450 e. The van der Waals surface area contributed by atoms with Gasteiger partial charge in [0.05, 0.1) is 18.7 Å². The number of ether oxygens (including phenoxy) is 1. The Morgan fingerprint density at radius 2 is 2.21 bits per heavy atom. The van der Waals surface area contributed by atoms with Gasteiger partial charge in [0, 0.05) is 0 Å². The topological polar surface area (TPSA) is 77.2 Å². The fourth-order valence-corrected chi connectivity index (χ4v) is 1.40. The normalized spacial score (nSPS) is 10.2. The number of aromatic nitrogens is 2. The molecule has 2 rings (SSSR count). The molecule has 0 aliphatic rings. The Morgan fingerprint density at radius 3 is 2.95 bits per heavy atom. The molecule has 7 heteroatoms. The second kappa shape index (κ2) is 5.94. The number of benzene rings is 1. The van der Waals surface area contributed by atoms with E-state index >= 15 is 0 Å². The molecule has 0 saturated heterocycles. The first-order valence-corrected chi connectivity index (χ1v) is 5.68. The standard InChI is InChI=1S/C12H12FN3O3/c1-2-18-12(17)14-7-10-15-16-11(19-10)8-5-3-4-6-9(8)13/h3-6H,2,7H2,1H3,(H,14,17).